The van der Waals surface area contributed by atoms with Crippen molar-refractivity contribution in [2.75, 3.05) is 6.54 Å². The van der Waals surface area contributed by atoms with Crippen LogP contribution in [-0.4, -0.2) is 28.4 Å². The van der Waals surface area contributed by atoms with Gasteiger partial charge >= 0.3 is 5.97 Å². The molecule has 0 aromatic carbocycles. The molecule has 0 spiro atoms. The molecular weight excluding hydrogens is 286 g/mol. The maximum Gasteiger partial charge on any atom is 0.331 e. The fourth-order valence-electron chi connectivity index (χ4n) is 3.69. The molecule has 0 radical (unpaired) electrons. The predicted octanol–water partition coefficient (Wildman–Crippen LogP) is 3.23. The number of carboxylic acid groups (broad SMARTS) is 1. The van der Waals surface area contributed by atoms with Gasteiger partial charge in [0.15, 0.2) is 6.04 Å². The fraction of sp³-hybridized carbons (Fsp3) is 0.625. The highest BCUT2D eigenvalue weighted by Gasteiger charge is 2.44. The van der Waals surface area contributed by atoms with E-state index in [1.807, 2.05) is 18.4 Å². The van der Waals surface area contributed by atoms with Gasteiger partial charge in [0.1, 0.15) is 0 Å². The highest BCUT2D eigenvalue weighted by Crippen LogP contribution is 2.41. The molecule has 2 heterocycles. The van der Waals surface area contributed by atoms with Crippen LogP contribution in [0.3, 0.4) is 0 Å². The molecule has 0 bridgehead atoms. The molecule has 114 valence electrons. The number of aliphatic carboxylic acids is 1. The second-order valence-corrected chi connectivity index (χ2v) is 7.41. The molecule has 1 aliphatic carbocycles. The lowest BCUT2D eigenvalue weighted by Gasteiger charge is -2.41. The molecule has 5 heteroatoms. The molecule has 1 aliphatic heterocycles. The van der Waals surface area contributed by atoms with Gasteiger partial charge in [-0.2, -0.15) is 0 Å². The van der Waals surface area contributed by atoms with Gasteiger partial charge in [-0.05, 0) is 36.3 Å². The van der Waals surface area contributed by atoms with Crippen molar-refractivity contribution in [2.45, 2.75) is 51.5 Å². The number of carbonyl (C=O) groups is 2. The van der Waals surface area contributed by atoms with Crippen molar-refractivity contribution < 1.29 is 14.7 Å². The second-order valence-electron chi connectivity index (χ2n) is 6.41. The minimum Gasteiger partial charge on any atom is -0.479 e. The lowest BCUT2D eigenvalue weighted by Crippen LogP contribution is -2.49. The molecule has 4 nitrogen and oxygen atoms in total. The Morgan fingerprint density at radius 2 is 2.05 bits per heavy atom. The summed E-state index contributed by atoms with van der Waals surface area (Å²) in [5, 5.41) is 11.5. The standard InChI is InChI=1S/C16H21NO3S/c1-16(7-3-2-4-8-16)15(20)17-9-5-12-11(6-10-21-12)13(17)14(18)19/h6,10,13H,2-5,7-9H2,1H3,(H,18,19). The van der Waals surface area contributed by atoms with Crippen LogP contribution >= 0.6 is 11.3 Å². The summed E-state index contributed by atoms with van der Waals surface area (Å²) in [6.45, 7) is 2.54. The molecule has 1 aromatic heterocycles. The predicted molar refractivity (Wildman–Crippen MR) is 81.3 cm³/mol. The van der Waals surface area contributed by atoms with Gasteiger partial charge in [-0.3, -0.25) is 4.79 Å². The van der Waals surface area contributed by atoms with E-state index in [1.165, 1.54) is 6.42 Å². The van der Waals surface area contributed by atoms with Crippen LogP contribution in [0.4, 0.5) is 0 Å². The van der Waals surface area contributed by atoms with Gasteiger partial charge in [-0.1, -0.05) is 26.2 Å². The number of hydrogen-bond acceptors (Lipinski definition) is 3. The van der Waals surface area contributed by atoms with E-state index in [2.05, 4.69) is 0 Å². The first-order chi connectivity index (χ1) is 10.0. The van der Waals surface area contributed by atoms with Crippen LogP contribution in [0.1, 0.15) is 55.5 Å². The van der Waals surface area contributed by atoms with Gasteiger partial charge in [0, 0.05) is 16.8 Å². The summed E-state index contributed by atoms with van der Waals surface area (Å²) >= 11 is 1.59. The third-order valence-electron chi connectivity index (χ3n) is 4.93. The molecule has 1 saturated carbocycles. The summed E-state index contributed by atoms with van der Waals surface area (Å²) in [6, 6.07) is 1.06. The topological polar surface area (TPSA) is 57.6 Å². The summed E-state index contributed by atoms with van der Waals surface area (Å²) in [4.78, 5) is 27.4. The third kappa shape index (κ3) is 2.48. The summed E-state index contributed by atoms with van der Waals surface area (Å²) in [5.41, 5.74) is 0.436. The highest BCUT2D eigenvalue weighted by atomic mass is 32.1. The summed E-state index contributed by atoms with van der Waals surface area (Å²) in [6.07, 6.45) is 5.85. The van der Waals surface area contributed by atoms with Crippen molar-refractivity contribution in [1.29, 1.82) is 0 Å². The fourth-order valence-corrected chi connectivity index (χ4v) is 4.60. The van der Waals surface area contributed by atoms with E-state index < -0.39 is 12.0 Å². The number of fused-ring (bicyclic) bond motifs is 1. The Labute approximate surface area is 128 Å². The van der Waals surface area contributed by atoms with Crippen LogP contribution in [0.15, 0.2) is 11.4 Å². The maximum absolute atomic E-state index is 13.0. The van der Waals surface area contributed by atoms with E-state index >= 15 is 0 Å². The molecule has 21 heavy (non-hydrogen) atoms. The quantitative estimate of drug-likeness (QED) is 0.912. The Balaban J connectivity index is 1.90. The summed E-state index contributed by atoms with van der Waals surface area (Å²) in [7, 11) is 0. The summed E-state index contributed by atoms with van der Waals surface area (Å²) < 4.78 is 0. The molecule has 1 aromatic rings. The highest BCUT2D eigenvalue weighted by molar-refractivity contribution is 7.10. The van der Waals surface area contributed by atoms with Crippen LogP contribution in [0.5, 0.6) is 0 Å². The molecular formula is C16H21NO3S. The number of thiophene rings is 1. The number of carboxylic acids is 1. The van der Waals surface area contributed by atoms with E-state index in [0.717, 1.165) is 42.5 Å². The molecule has 1 fully saturated rings. The lowest BCUT2D eigenvalue weighted by molar-refractivity contribution is -0.157. The Hall–Kier alpha value is -1.36. The van der Waals surface area contributed by atoms with Crippen LogP contribution in [0, 0.1) is 5.41 Å². The first kappa shape index (κ1) is 14.6. The van der Waals surface area contributed by atoms with Gasteiger partial charge in [-0.15, -0.1) is 11.3 Å². The number of amides is 1. The minimum atomic E-state index is -0.915. The Kier molecular flexibility index (Phi) is 3.78. The van der Waals surface area contributed by atoms with Gasteiger partial charge in [0.05, 0.1) is 0 Å². The average Bonchev–Trinajstić information content (AvgIpc) is 2.94. The van der Waals surface area contributed by atoms with Gasteiger partial charge in [-0.25, -0.2) is 4.79 Å². The lowest BCUT2D eigenvalue weighted by atomic mass is 9.74. The number of rotatable bonds is 2. The van der Waals surface area contributed by atoms with E-state index in [1.54, 1.807) is 16.2 Å². The smallest absolute Gasteiger partial charge is 0.331 e. The first-order valence-corrected chi connectivity index (χ1v) is 8.51. The minimum absolute atomic E-state index is 0.0338. The van der Waals surface area contributed by atoms with Crippen molar-refractivity contribution in [3.8, 4) is 0 Å². The molecule has 2 aliphatic rings. The zero-order valence-electron chi connectivity index (χ0n) is 12.3. The van der Waals surface area contributed by atoms with Gasteiger partial charge in [0.25, 0.3) is 0 Å². The Bertz CT molecular complexity index is 560. The van der Waals surface area contributed by atoms with Gasteiger partial charge < -0.3 is 10.0 Å². The molecule has 1 atom stereocenters. The Morgan fingerprint density at radius 3 is 2.71 bits per heavy atom. The van der Waals surface area contributed by atoms with Crippen LogP contribution in [0.25, 0.3) is 0 Å². The number of carbonyl (C=O) groups excluding carboxylic acids is 1. The van der Waals surface area contributed by atoms with Gasteiger partial charge in [0.2, 0.25) is 5.91 Å². The molecule has 1 amide bonds. The SMILES string of the molecule is CC1(C(=O)N2CCc3sccc3C2C(=O)O)CCCCC1. The van der Waals surface area contributed by atoms with Crippen molar-refractivity contribution >= 4 is 23.2 Å². The van der Waals surface area contributed by atoms with E-state index in [4.69, 9.17) is 0 Å². The number of nitrogens with zero attached hydrogens (tertiary/aromatic N) is 1. The first-order valence-electron chi connectivity index (χ1n) is 7.63. The Morgan fingerprint density at radius 1 is 1.33 bits per heavy atom. The number of hydrogen-bond donors (Lipinski definition) is 1. The molecule has 1 N–H and O–H groups in total. The third-order valence-corrected chi connectivity index (χ3v) is 5.93. The van der Waals surface area contributed by atoms with Crippen LogP contribution < -0.4 is 0 Å². The van der Waals surface area contributed by atoms with Crippen molar-refractivity contribution in [3.63, 3.8) is 0 Å². The largest absolute Gasteiger partial charge is 0.479 e. The van der Waals surface area contributed by atoms with Crippen molar-refractivity contribution in [3.05, 3.63) is 21.9 Å². The van der Waals surface area contributed by atoms with Crippen LogP contribution in [0.2, 0.25) is 0 Å². The molecule has 0 saturated heterocycles. The maximum atomic E-state index is 13.0. The van der Waals surface area contributed by atoms with E-state index in [-0.39, 0.29) is 11.3 Å². The van der Waals surface area contributed by atoms with E-state index in [0.29, 0.717) is 6.54 Å². The van der Waals surface area contributed by atoms with Crippen molar-refractivity contribution in [1.82, 2.24) is 4.90 Å². The zero-order chi connectivity index (χ0) is 15.0. The van der Waals surface area contributed by atoms with E-state index in [9.17, 15) is 14.7 Å². The monoisotopic (exact) mass is 307 g/mol. The zero-order valence-corrected chi connectivity index (χ0v) is 13.1. The molecule has 1 unspecified atom stereocenters. The second kappa shape index (κ2) is 5.44. The molecule has 3 rings (SSSR count). The average molecular weight is 307 g/mol. The van der Waals surface area contributed by atoms with Crippen LogP contribution in [-0.2, 0) is 16.0 Å². The summed E-state index contributed by atoms with van der Waals surface area (Å²) in [5.74, 6) is -0.881. The normalized spacial score (nSPS) is 24.4. The van der Waals surface area contributed by atoms with Crippen molar-refractivity contribution in [2.24, 2.45) is 5.41 Å².